The van der Waals surface area contributed by atoms with Gasteiger partial charge in [0.1, 0.15) is 11.6 Å². The lowest BCUT2D eigenvalue weighted by molar-refractivity contribution is 0.282. The van der Waals surface area contributed by atoms with E-state index >= 15 is 0 Å². The van der Waals surface area contributed by atoms with E-state index in [-0.39, 0.29) is 12.4 Å². The van der Waals surface area contributed by atoms with E-state index in [1.54, 1.807) is 25.3 Å². The molecule has 0 aliphatic rings. The Kier molecular flexibility index (Phi) is 4.56. The lowest BCUT2D eigenvalue weighted by atomic mass is 9.98. The minimum Gasteiger partial charge on any atom is -0.497 e. The number of hydrogen-bond acceptors (Lipinski definition) is 2. The van der Waals surface area contributed by atoms with Gasteiger partial charge >= 0.3 is 0 Å². The van der Waals surface area contributed by atoms with Crippen molar-refractivity contribution in [1.82, 2.24) is 0 Å². The smallest absolute Gasteiger partial charge is 0.131 e. The van der Waals surface area contributed by atoms with E-state index in [2.05, 4.69) is 15.9 Å². The van der Waals surface area contributed by atoms with E-state index in [1.807, 2.05) is 12.1 Å². The third kappa shape index (κ3) is 2.96. The second-order valence-corrected chi connectivity index (χ2v) is 4.69. The normalized spacial score (nSPS) is 10.5. The molecule has 0 saturated heterocycles. The minimum atomic E-state index is -0.292. The van der Waals surface area contributed by atoms with E-state index < -0.39 is 0 Å². The van der Waals surface area contributed by atoms with E-state index in [1.165, 1.54) is 6.07 Å². The Labute approximate surface area is 120 Å². The molecule has 2 aromatic rings. The summed E-state index contributed by atoms with van der Waals surface area (Å²) in [4.78, 5) is 0. The van der Waals surface area contributed by atoms with Crippen molar-refractivity contribution in [3.05, 3.63) is 53.3 Å². The molecule has 0 amide bonds. The molecule has 0 fully saturated rings. The van der Waals surface area contributed by atoms with Gasteiger partial charge in [-0.15, -0.1) is 0 Å². The number of hydrogen-bond donors (Lipinski definition) is 1. The molecule has 0 spiro atoms. The summed E-state index contributed by atoms with van der Waals surface area (Å²) in [6, 6.07) is 10.1. The van der Waals surface area contributed by atoms with Crippen molar-refractivity contribution < 1.29 is 14.2 Å². The molecule has 0 bridgehead atoms. The van der Waals surface area contributed by atoms with Crippen LogP contribution < -0.4 is 4.74 Å². The number of ether oxygens (including phenoxy) is 1. The monoisotopic (exact) mass is 324 g/mol. The molecule has 100 valence electrons. The van der Waals surface area contributed by atoms with E-state index in [9.17, 15) is 4.39 Å². The zero-order valence-corrected chi connectivity index (χ0v) is 12.1. The van der Waals surface area contributed by atoms with Crippen LogP contribution in [0.4, 0.5) is 4.39 Å². The van der Waals surface area contributed by atoms with Crippen molar-refractivity contribution in [3.8, 4) is 16.9 Å². The molecule has 0 atom stereocenters. The van der Waals surface area contributed by atoms with Crippen LogP contribution >= 0.6 is 15.9 Å². The summed E-state index contributed by atoms with van der Waals surface area (Å²) in [5.41, 5.74) is 3.03. The zero-order chi connectivity index (χ0) is 13.8. The van der Waals surface area contributed by atoms with Crippen LogP contribution in [0.25, 0.3) is 11.1 Å². The fraction of sp³-hybridized carbons (Fsp3) is 0.200. The Morgan fingerprint density at radius 2 is 1.95 bits per heavy atom. The van der Waals surface area contributed by atoms with Gasteiger partial charge in [-0.1, -0.05) is 34.1 Å². The number of aliphatic hydroxyl groups is 1. The molecule has 2 nitrogen and oxygen atoms in total. The lowest BCUT2D eigenvalue weighted by Gasteiger charge is -2.11. The van der Waals surface area contributed by atoms with Crippen LogP contribution in [0, 0.1) is 5.82 Å². The van der Waals surface area contributed by atoms with Gasteiger partial charge in [0, 0.05) is 10.9 Å². The minimum absolute atomic E-state index is 0.0269. The van der Waals surface area contributed by atoms with Gasteiger partial charge in [0.2, 0.25) is 0 Å². The van der Waals surface area contributed by atoms with Gasteiger partial charge in [-0.05, 0) is 34.9 Å². The Bertz CT molecular complexity index is 584. The topological polar surface area (TPSA) is 29.5 Å². The van der Waals surface area contributed by atoms with Gasteiger partial charge in [-0.3, -0.25) is 0 Å². The molecule has 2 rings (SSSR count). The molecule has 0 aliphatic carbocycles. The lowest BCUT2D eigenvalue weighted by Crippen LogP contribution is -1.94. The molecule has 2 aromatic carbocycles. The molecular formula is C15H14BrFO2. The molecule has 0 heterocycles. The molecule has 0 unspecified atom stereocenters. The van der Waals surface area contributed by atoms with Crippen molar-refractivity contribution in [3.63, 3.8) is 0 Å². The summed E-state index contributed by atoms with van der Waals surface area (Å²) >= 11 is 3.39. The number of aliphatic hydroxyl groups excluding tert-OH is 1. The quantitative estimate of drug-likeness (QED) is 0.864. The molecule has 1 N–H and O–H groups in total. The van der Waals surface area contributed by atoms with E-state index in [0.717, 1.165) is 16.7 Å². The first-order valence-corrected chi connectivity index (χ1v) is 6.94. The van der Waals surface area contributed by atoms with Crippen molar-refractivity contribution in [2.45, 2.75) is 11.9 Å². The molecule has 0 aromatic heterocycles. The fourth-order valence-electron chi connectivity index (χ4n) is 1.96. The van der Waals surface area contributed by atoms with Crippen LogP contribution in [0.2, 0.25) is 0 Å². The second kappa shape index (κ2) is 6.17. The van der Waals surface area contributed by atoms with Gasteiger partial charge in [-0.2, -0.15) is 0 Å². The van der Waals surface area contributed by atoms with Crippen LogP contribution in [0.1, 0.15) is 11.1 Å². The number of halogens is 2. The van der Waals surface area contributed by atoms with E-state index in [0.29, 0.717) is 16.6 Å². The van der Waals surface area contributed by atoms with Crippen molar-refractivity contribution in [2.24, 2.45) is 0 Å². The molecular weight excluding hydrogens is 311 g/mol. The fourth-order valence-corrected chi connectivity index (χ4v) is 2.42. The highest BCUT2D eigenvalue weighted by atomic mass is 79.9. The SMILES string of the molecule is COc1ccc(F)c(-c2ccc(CO)cc2CBr)c1. The van der Waals surface area contributed by atoms with E-state index in [4.69, 9.17) is 9.84 Å². The van der Waals surface area contributed by atoms with Crippen molar-refractivity contribution in [2.75, 3.05) is 7.11 Å². The largest absolute Gasteiger partial charge is 0.497 e. The number of methoxy groups -OCH3 is 1. The first-order chi connectivity index (χ1) is 9.19. The summed E-state index contributed by atoms with van der Waals surface area (Å²) < 4.78 is 19.1. The first kappa shape index (κ1) is 14.0. The Balaban J connectivity index is 2.57. The third-order valence-electron chi connectivity index (χ3n) is 2.96. The van der Waals surface area contributed by atoms with Crippen LogP contribution in [0.15, 0.2) is 36.4 Å². The van der Waals surface area contributed by atoms with Gasteiger partial charge in [0.05, 0.1) is 13.7 Å². The van der Waals surface area contributed by atoms with Gasteiger partial charge < -0.3 is 9.84 Å². The Morgan fingerprint density at radius 1 is 1.16 bits per heavy atom. The highest BCUT2D eigenvalue weighted by molar-refractivity contribution is 9.08. The third-order valence-corrected chi connectivity index (χ3v) is 3.56. The summed E-state index contributed by atoms with van der Waals surface area (Å²) in [7, 11) is 1.55. The Hall–Kier alpha value is -1.39. The van der Waals surface area contributed by atoms with Crippen molar-refractivity contribution >= 4 is 15.9 Å². The summed E-state index contributed by atoms with van der Waals surface area (Å²) in [6.07, 6.45) is 0. The average molecular weight is 325 g/mol. The first-order valence-electron chi connectivity index (χ1n) is 5.82. The second-order valence-electron chi connectivity index (χ2n) is 4.13. The molecule has 19 heavy (non-hydrogen) atoms. The van der Waals surface area contributed by atoms with Crippen LogP contribution in [0.5, 0.6) is 5.75 Å². The van der Waals surface area contributed by atoms with Gasteiger partial charge in [-0.25, -0.2) is 4.39 Å². The van der Waals surface area contributed by atoms with Crippen LogP contribution in [-0.4, -0.2) is 12.2 Å². The molecule has 0 aliphatic heterocycles. The zero-order valence-electron chi connectivity index (χ0n) is 10.5. The highest BCUT2D eigenvalue weighted by Crippen LogP contribution is 2.31. The van der Waals surface area contributed by atoms with Crippen molar-refractivity contribution in [1.29, 1.82) is 0 Å². The summed E-state index contributed by atoms with van der Waals surface area (Å²) in [5.74, 6) is 0.322. The molecule has 0 saturated carbocycles. The number of benzene rings is 2. The van der Waals surface area contributed by atoms with Gasteiger partial charge in [0.15, 0.2) is 0 Å². The predicted octanol–water partition coefficient (Wildman–Crippen LogP) is 3.89. The highest BCUT2D eigenvalue weighted by Gasteiger charge is 2.11. The summed E-state index contributed by atoms with van der Waals surface area (Å²) in [6.45, 7) is -0.0269. The average Bonchev–Trinajstić information content (AvgIpc) is 2.47. The maximum Gasteiger partial charge on any atom is 0.131 e. The standard InChI is InChI=1S/C15H14BrFO2/c1-19-12-3-5-15(17)14(7-12)13-4-2-10(9-18)6-11(13)8-16/h2-7,18H,8-9H2,1H3. The number of alkyl halides is 1. The molecule has 0 radical (unpaired) electrons. The maximum absolute atomic E-state index is 14.0. The van der Waals surface area contributed by atoms with Gasteiger partial charge in [0.25, 0.3) is 0 Å². The Morgan fingerprint density at radius 3 is 2.58 bits per heavy atom. The predicted molar refractivity (Wildman–Crippen MR) is 76.9 cm³/mol. The number of rotatable bonds is 4. The molecule has 4 heteroatoms. The van der Waals surface area contributed by atoms with Crippen LogP contribution in [-0.2, 0) is 11.9 Å². The van der Waals surface area contributed by atoms with Crippen LogP contribution in [0.3, 0.4) is 0 Å². The maximum atomic E-state index is 14.0. The summed E-state index contributed by atoms with van der Waals surface area (Å²) in [5, 5.41) is 9.74.